The van der Waals surface area contributed by atoms with Crippen molar-refractivity contribution in [1.82, 2.24) is 4.90 Å². The van der Waals surface area contributed by atoms with Crippen LogP contribution in [0.25, 0.3) is 0 Å². The summed E-state index contributed by atoms with van der Waals surface area (Å²) in [4.78, 5) is 2.57. The highest BCUT2D eigenvalue weighted by atomic mass is 16.3. The summed E-state index contributed by atoms with van der Waals surface area (Å²) in [6.07, 6.45) is 4.86. The molecule has 1 rings (SSSR count). The lowest BCUT2D eigenvalue weighted by atomic mass is 9.94. The van der Waals surface area contributed by atoms with E-state index < -0.39 is 0 Å². The number of likely N-dealkylation sites (tertiary alicyclic amines) is 1. The van der Waals surface area contributed by atoms with Gasteiger partial charge in [0, 0.05) is 19.2 Å². The Morgan fingerprint density at radius 1 is 1.54 bits per heavy atom. The topological polar surface area (TPSA) is 23.5 Å². The van der Waals surface area contributed by atoms with Crippen molar-refractivity contribution in [2.24, 2.45) is 5.92 Å². The molecule has 2 nitrogen and oxygen atoms in total. The number of aliphatic hydroxyl groups is 1. The van der Waals surface area contributed by atoms with Gasteiger partial charge in [-0.25, -0.2) is 0 Å². The molecular weight excluding hydrogens is 162 g/mol. The lowest BCUT2D eigenvalue weighted by Gasteiger charge is -2.36. The second-order valence-electron chi connectivity index (χ2n) is 4.27. The van der Waals surface area contributed by atoms with Crippen molar-refractivity contribution in [2.75, 3.05) is 19.7 Å². The van der Waals surface area contributed by atoms with E-state index in [9.17, 15) is 0 Å². The van der Waals surface area contributed by atoms with Crippen molar-refractivity contribution in [3.8, 4) is 0 Å². The summed E-state index contributed by atoms with van der Waals surface area (Å²) in [6.45, 7) is 7.38. The molecule has 0 aromatic carbocycles. The van der Waals surface area contributed by atoms with Crippen LogP contribution in [0.5, 0.6) is 0 Å². The zero-order chi connectivity index (χ0) is 9.68. The van der Waals surface area contributed by atoms with Gasteiger partial charge in [0.05, 0.1) is 0 Å². The summed E-state index contributed by atoms with van der Waals surface area (Å²) in [5.74, 6) is 0.743. The van der Waals surface area contributed by atoms with E-state index in [1.54, 1.807) is 0 Å². The Bertz CT molecular complexity index is 136. The van der Waals surface area contributed by atoms with Crippen LogP contribution in [0, 0.1) is 5.92 Å². The largest absolute Gasteiger partial charge is 0.396 e. The molecule has 1 fully saturated rings. The lowest BCUT2D eigenvalue weighted by molar-refractivity contribution is 0.112. The maximum Gasteiger partial charge on any atom is 0.0434 e. The van der Waals surface area contributed by atoms with Gasteiger partial charge < -0.3 is 10.0 Å². The number of nitrogens with zero attached hydrogens (tertiary/aromatic N) is 1. The fraction of sp³-hybridized carbons (Fsp3) is 1.00. The van der Waals surface area contributed by atoms with Crippen LogP contribution < -0.4 is 0 Å². The van der Waals surface area contributed by atoms with Crippen LogP contribution in [0.4, 0.5) is 0 Å². The minimum absolute atomic E-state index is 0.360. The van der Waals surface area contributed by atoms with Gasteiger partial charge in [-0.1, -0.05) is 6.92 Å². The minimum atomic E-state index is 0.360. The highest BCUT2D eigenvalue weighted by Gasteiger charge is 2.21. The number of hydrogen-bond acceptors (Lipinski definition) is 2. The van der Waals surface area contributed by atoms with E-state index in [1.807, 2.05) is 0 Å². The molecule has 0 aliphatic carbocycles. The Balaban J connectivity index is 2.32. The van der Waals surface area contributed by atoms with E-state index in [1.165, 1.54) is 32.4 Å². The van der Waals surface area contributed by atoms with Crippen LogP contribution in [-0.2, 0) is 0 Å². The Morgan fingerprint density at radius 3 is 2.92 bits per heavy atom. The molecule has 1 heterocycles. The summed E-state index contributed by atoms with van der Waals surface area (Å²) < 4.78 is 0. The predicted molar refractivity (Wildman–Crippen MR) is 55.8 cm³/mol. The normalized spacial score (nSPS) is 27.5. The monoisotopic (exact) mass is 185 g/mol. The molecule has 0 spiro atoms. The molecule has 1 aliphatic rings. The SMILES string of the molecule is CCC(C)N1CCCC(CCO)C1. The average Bonchev–Trinajstić information content (AvgIpc) is 2.18. The second kappa shape index (κ2) is 5.61. The van der Waals surface area contributed by atoms with E-state index in [0.717, 1.165) is 18.4 Å². The highest BCUT2D eigenvalue weighted by molar-refractivity contribution is 4.76. The fourth-order valence-corrected chi connectivity index (χ4v) is 2.17. The Morgan fingerprint density at radius 2 is 2.31 bits per heavy atom. The van der Waals surface area contributed by atoms with Crippen molar-refractivity contribution in [1.29, 1.82) is 0 Å². The summed E-state index contributed by atoms with van der Waals surface area (Å²) >= 11 is 0. The van der Waals surface area contributed by atoms with Gasteiger partial charge in [0.25, 0.3) is 0 Å². The smallest absolute Gasteiger partial charge is 0.0434 e. The van der Waals surface area contributed by atoms with Crippen LogP contribution in [0.15, 0.2) is 0 Å². The molecule has 2 atom stereocenters. The Hall–Kier alpha value is -0.0800. The van der Waals surface area contributed by atoms with E-state index in [-0.39, 0.29) is 0 Å². The lowest BCUT2D eigenvalue weighted by Crippen LogP contribution is -2.41. The summed E-state index contributed by atoms with van der Waals surface area (Å²) in [7, 11) is 0. The molecule has 1 saturated heterocycles. The Kier molecular flexibility index (Phi) is 4.74. The van der Waals surface area contributed by atoms with Gasteiger partial charge in [-0.2, -0.15) is 0 Å². The quantitative estimate of drug-likeness (QED) is 0.723. The molecule has 1 N–H and O–H groups in total. The standard InChI is InChI=1S/C11H23NO/c1-3-10(2)12-7-4-5-11(9-12)6-8-13/h10-11,13H,3-9H2,1-2H3. The van der Waals surface area contributed by atoms with E-state index in [0.29, 0.717) is 6.61 Å². The third-order valence-corrected chi connectivity index (χ3v) is 3.30. The molecule has 0 saturated carbocycles. The van der Waals surface area contributed by atoms with Gasteiger partial charge in [-0.3, -0.25) is 0 Å². The zero-order valence-electron chi connectivity index (χ0n) is 9.00. The number of rotatable bonds is 4. The molecule has 13 heavy (non-hydrogen) atoms. The number of aliphatic hydroxyl groups excluding tert-OH is 1. The van der Waals surface area contributed by atoms with Crippen molar-refractivity contribution >= 4 is 0 Å². The first kappa shape index (κ1) is 11.0. The Labute approximate surface area is 81.9 Å². The summed E-state index contributed by atoms with van der Waals surface area (Å²) in [6, 6.07) is 0.724. The van der Waals surface area contributed by atoms with Crippen LogP contribution in [0.3, 0.4) is 0 Å². The summed E-state index contributed by atoms with van der Waals surface area (Å²) in [5.41, 5.74) is 0. The third-order valence-electron chi connectivity index (χ3n) is 3.30. The summed E-state index contributed by atoms with van der Waals surface area (Å²) in [5, 5.41) is 8.88. The second-order valence-corrected chi connectivity index (χ2v) is 4.27. The maximum absolute atomic E-state index is 8.88. The van der Waals surface area contributed by atoms with E-state index in [4.69, 9.17) is 5.11 Å². The van der Waals surface area contributed by atoms with Gasteiger partial charge in [0.1, 0.15) is 0 Å². The van der Waals surface area contributed by atoms with Crippen molar-refractivity contribution in [3.05, 3.63) is 0 Å². The number of hydrogen-bond donors (Lipinski definition) is 1. The first-order valence-electron chi connectivity index (χ1n) is 5.62. The van der Waals surface area contributed by atoms with Gasteiger partial charge in [0.2, 0.25) is 0 Å². The highest BCUT2D eigenvalue weighted by Crippen LogP contribution is 2.21. The molecule has 2 unspecified atom stereocenters. The molecule has 0 radical (unpaired) electrons. The molecular formula is C11H23NO. The average molecular weight is 185 g/mol. The fourth-order valence-electron chi connectivity index (χ4n) is 2.17. The van der Waals surface area contributed by atoms with Crippen molar-refractivity contribution in [3.63, 3.8) is 0 Å². The van der Waals surface area contributed by atoms with Crippen LogP contribution in [-0.4, -0.2) is 35.7 Å². The zero-order valence-corrected chi connectivity index (χ0v) is 9.00. The molecule has 0 amide bonds. The van der Waals surface area contributed by atoms with Gasteiger partial charge in [0.15, 0.2) is 0 Å². The molecule has 2 heteroatoms. The number of piperidine rings is 1. The van der Waals surface area contributed by atoms with E-state index in [2.05, 4.69) is 18.7 Å². The predicted octanol–water partition coefficient (Wildman–Crippen LogP) is 1.88. The molecule has 78 valence electrons. The first-order valence-corrected chi connectivity index (χ1v) is 5.62. The first-order chi connectivity index (χ1) is 6.27. The van der Waals surface area contributed by atoms with Crippen molar-refractivity contribution in [2.45, 2.75) is 45.6 Å². The third kappa shape index (κ3) is 3.28. The van der Waals surface area contributed by atoms with Crippen LogP contribution >= 0.6 is 0 Å². The van der Waals surface area contributed by atoms with Crippen molar-refractivity contribution < 1.29 is 5.11 Å². The minimum Gasteiger partial charge on any atom is -0.396 e. The van der Waals surface area contributed by atoms with Crippen LogP contribution in [0.1, 0.15) is 39.5 Å². The molecule has 0 aromatic rings. The molecule has 0 aromatic heterocycles. The van der Waals surface area contributed by atoms with Gasteiger partial charge in [-0.05, 0) is 45.1 Å². The van der Waals surface area contributed by atoms with Crippen LogP contribution in [0.2, 0.25) is 0 Å². The molecule has 0 bridgehead atoms. The maximum atomic E-state index is 8.88. The van der Waals surface area contributed by atoms with Gasteiger partial charge in [-0.15, -0.1) is 0 Å². The molecule has 1 aliphatic heterocycles. The van der Waals surface area contributed by atoms with Gasteiger partial charge >= 0.3 is 0 Å². The van der Waals surface area contributed by atoms with E-state index >= 15 is 0 Å².